The second-order valence-corrected chi connectivity index (χ2v) is 8.33. The highest BCUT2D eigenvalue weighted by Crippen LogP contribution is 2.37. The fourth-order valence-electron chi connectivity index (χ4n) is 3.30. The first-order chi connectivity index (χ1) is 14.3. The van der Waals surface area contributed by atoms with E-state index in [0.717, 1.165) is 16.1 Å². The van der Waals surface area contributed by atoms with E-state index in [4.69, 9.17) is 11.1 Å². The number of nitrogens with one attached hydrogen (secondary N) is 1. The van der Waals surface area contributed by atoms with Crippen molar-refractivity contribution < 1.29 is 13.6 Å². The molecule has 0 saturated heterocycles. The highest BCUT2D eigenvalue weighted by Gasteiger charge is 2.19. The molecule has 0 saturated carbocycles. The Bertz CT molecular complexity index is 1030. The van der Waals surface area contributed by atoms with E-state index in [2.05, 4.69) is 4.98 Å². The largest absolute Gasteiger partial charge is 0.375 e. The third-order valence-corrected chi connectivity index (χ3v) is 5.95. The minimum atomic E-state index is -0.369. The summed E-state index contributed by atoms with van der Waals surface area (Å²) >= 11 is 1.38. The molecular formula is C23H23F2N3OS. The number of hydrogen-bond acceptors (Lipinski definition) is 5. The molecule has 1 atom stereocenters. The zero-order valence-electron chi connectivity index (χ0n) is 16.6. The van der Waals surface area contributed by atoms with Gasteiger partial charge in [0.2, 0.25) is 0 Å². The number of anilines is 1. The average molecular weight is 428 g/mol. The van der Waals surface area contributed by atoms with Crippen molar-refractivity contribution in [3.8, 4) is 11.3 Å². The topological polar surface area (TPSA) is 79.8 Å². The summed E-state index contributed by atoms with van der Waals surface area (Å²) in [6.07, 6.45) is 1.92. The van der Waals surface area contributed by atoms with Gasteiger partial charge in [-0.25, -0.2) is 13.8 Å². The lowest BCUT2D eigenvalue weighted by molar-refractivity contribution is 0.0980. The van der Waals surface area contributed by atoms with Crippen LogP contribution in [0.3, 0.4) is 0 Å². The minimum absolute atomic E-state index is 0.0279. The number of thiazole rings is 1. The van der Waals surface area contributed by atoms with E-state index in [1.54, 1.807) is 12.1 Å². The van der Waals surface area contributed by atoms with Crippen molar-refractivity contribution in [2.24, 2.45) is 0 Å². The zero-order chi connectivity index (χ0) is 21.7. The molecule has 0 aliphatic rings. The molecule has 3 rings (SSSR count). The molecule has 0 fully saturated rings. The fraction of sp³-hybridized carbons (Fsp3) is 0.261. The molecule has 2 aromatic carbocycles. The molecule has 7 heteroatoms. The third-order valence-electron chi connectivity index (χ3n) is 4.84. The van der Waals surface area contributed by atoms with Gasteiger partial charge in [0.15, 0.2) is 10.9 Å². The quantitative estimate of drug-likeness (QED) is 0.313. The van der Waals surface area contributed by atoms with Crippen molar-refractivity contribution in [3.63, 3.8) is 0 Å². The van der Waals surface area contributed by atoms with Gasteiger partial charge in [0.05, 0.1) is 5.69 Å². The second-order valence-electron chi connectivity index (χ2n) is 7.26. The zero-order valence-corrected chi connectivity index (χ0v) is 17.4. The number of rotatable bonds is 9. The Balaban J connectivity index is 1.56. The van der Waals surface area contributed by atoms with E-state index < -0.39 is 0 Å². The van der Waals surface area contributed by atoms with Crippen LogP contribution in [0.2, 0.25) is 0 Å². The van der Waals surface area contributed by atoms with Crippen LogP contribution in [0, 0.1) is 17.0 Å². The molecule has 0 radical (unpaired) electrons. The summed E-state index contributed by atoms with van der Waals surface area (Å²) in [7, 11) is 0. The smallest absolute Gasteiger partial charge is 0.180 e. The van der Waals surface area contributed by atoms with Gasteiger partial charge in [-0.1, -0.05) is 6.92 Å². The molecule has 1 unspecified atom stereocenters. The van der Waals surface area contributed by atoms with E-state index in [1.807, 2.05) is 6.92 Å². The molecule has 0 aliphatic heterocycles. The lowest BCUT2D eigenvalue weighted by atomic mass is 9.95. The number of hydrogen-bond donors (Lipinski definition) is 2. The van der Waals surface area contributed by atoms with Crippen LogP contribution < -0.4 is 5.73 Å². The first-order valence-electron chi connectivity index (χ1n) is 9.70. The van der Waals surface area contributed by atoms with E-state index >= 15 is 0 Å². The maximum Gasteiger partial charge on any atom is 0.180 e. The van der Waals surface area contributed by atoms with Crippen LogP contribution in [0.1, 0.15) is 53.8 Å². The van der Waals surface area contributed by atoms with Gasteiger partial charge in [-0.3, -0.25) is 4.79 Å². The number of ketones is 1. The SMILES string of the molecule is CC(CC(=N)CCCC(=O)c1ccc(F)cc1)c1sc(N)nc1-c1ccc(F)cc1. The van der Waals surface area contributed by atoms with Gasteiger partial charge in [0.1, 0.15) is 11.6 Å². The summed E-state index contributed by atoms with van der Waals surface area (Å²) in [6, 6.07) is 11.6. The Labute approximate surface area is 178 Å². The summed E-state index contributed by atoms with van der Waals surface area (Å²) < 4.78 is 26.2. The van der Waals surface area contributed by atoms with Gasteiger partial charge >= 0.3 is 0 Å². The van der Waals surface area contributed by atoms with Gasteiger partial charge in [0, 0.05) is 28.1 Å². The molecule has 0 amide bonds. The summed E-state index contributed by atoms with van der Waals surface area (Å²) in [5.74, 6) is -0.704. The number of benzene rings is 2. The number of Topliss-reactive ketones (excluding diaryl/α,β-unsaturated/α-hetero) is 1. The Morgan fingerprint density at radius 1 is 1.07 bits per heavy atom. The molecule has 4 nitrogen and oxygen atoms in total. The van der Waals surface area contributed by atoms with Gasteiger partial charge < -0.3 is 11.1 Å². The lowest BCUT2D eigenvalue weighted by Gasteiger charge is -2.12. The first kappa shape index (κ1) is 21.8. The van der Waals surface area contributed by atoms with Crippen LogP contribution >= 0.6 is 11.3 Å². The Morgan fingerprint density at radius 2 is 1.67 bits per heavy atom. The summed E-state index contributed by atoms with van der Waals surface area (Å²) in [5, 5.41) is 8.74. The number of nitrogen functional groups attached to an aromatic ring is 1. The van der Waals surface area contributed by atoms with E-state index in [1.165, 1.54) is 47.7 Å². The molecule has 1 aromatic heterocycles. The minimum Gasteiger partial charge on any atom is -0.375 e. The average Bonchev–Trinajstić information content (AvgIpc) is 3.11. The second kappa shape index (κ2) is 9.71. The normalized spacial score (nSPS) is 12.0. The number of halogens is 2. The van der Waals surface area contributed by atoms with Crippen molar-refractivity contribution in [2.75, 3.05) is 5.73 Å². The van der Waals surface area contributed by atoms with Gasteiger partial charge in [0.25, 0.3) is 0 Å². The van der Waals surface area contributed by atoms with Crippen molar-refractivity contribution in [2.45, 2.75) is 38.5 Å². The van der Waals surface area contributed by atoms with Crippen LogP contribution in [0.4, 0.5) is 13.9 Å². The van der Waals surface area contributed by atoms with Crippen LogP contribution in [0.15, 0.2) is 48.5 Å². The summed E-state index contributed by atoms with van der Waals surface area (Å²) in [6.45, 7) is 2.01. The van der Waals surface area contributed by atoms with Crippen LogP contribution in [-0.4, -0.2) is 16.5 Å². The number of carbonyl (C=O) groups is 1. The molecule has 3 N–H and O–H groups in total. The highest BCUT2D eigenvalue weighted by atomic mass is 32.1. The Kier molecular flexibility index (Phi) is 7.05. The monoisotopic (exact) mass is 427 g/mol. The number of nitrogens with two attached hydrogens (primary N) is 1. The highest BCUT2D eigenvalue weighted by molar-refractivity contribution is 7.15. The van der Waals surface area contributed by atoms with E-state index in [0.29, 0.717) is 42.1 Å². The predicted octanol–water partition coefficient (Wildman–Crippen LogP) is 6.24. The maximum atomic E-state index is 13.2. The van der Waals surface area contributed by atoms with Crippen LogP contribution in [0.5, 0.6) is 0 Å². The molecule has 0 bridgehead atoms. The van der Waals surface area contributed by atoms with E-state index in [9.17, 15) is 13.6 Å². The predicted molar refractivity (Wildman–Crippen MR) is 117 cm³/mol. The van der Waals surface area contributed by atoms with Gasteiger partial charge in [-0.2, -0.15) is 0 Å². The lowest BCUT2D eigenvalue weighted by Crippen LogP contribution is -2.05. The standard InChI is InChI=1S/C23H23F2N3OS/c1-14(22-21(28-23(27)30-22)16-7-11-18(25)12-8-16)13-19(26)3-2-4-20(29)15-5-9-17(24)10-6-15/h5-12,14,26H,2-4,13H2,1H3,(H2,27,28). The fourth-order valence-corrected chi connectivity index (χ4v) is 4.21. The maximum absolute atomic E-state index is 13.2. The van der Waals surface area contributed by atoms with Crippen molar-refractivity contribution >= 4 is 28.0 Å². The number of aromatic nitrogens is 1. The third kappa shape index (κ3) is 5.57. The summed E-state index contributed by atoms with van der Waals surface area (Å²) in [5.41, 5.74) is 8.47. The van der Waals surface area contributed by atoms with Gasteiger partial charge in [-0.05, 0) is 73.7 Å². The number of nitrogens with zero attached hydrogens (tertiary/aromatic N) is 1. The molecule has 156 valence electrons. The van der Waals surface area contributed by atoms with E-state index in [-0.39, 0.29) is 23.3 Å². The molecule has 30 heavy (non-hydrogen) atoms. The molecule has 0 spiro atoms. The van der Waals surface area contributed by atoms with Crippen molar-refractivity contribution in [1.82, 2.24) is 4.98 Å². The molecule has 1 heterocycles. The molecule has 0 aliphatic carbocycles. The van der Waals surface area contributed by atoms with Crippen LogP contribution in [-0.2, 0) is 0 Å². The Hall–Kier alpha value is -2.93. The van der Waals surface area contributed by atoms with Crippen molar-refractivity contribution in [3.05, 3.63) is 70.6 Å². The first-order valence-corrected chi connectivity index (χ1v) is 10.5. The van der Waals surface area contributed by atoms with Crippen molar-refractivity contribution in [1.29, 1.82) is 5.41 Å². The Morgan fingerprint density at radius 3 is 2.30 bits per heavy atom. The number of carbonyl (C=O) groups excluding carboxylic acids is 1. The van der Waals surface area contributed by atoms with Crippen LogP contribution in [0.25, 0.3) is 11.3 Å². The van der Waals surface area contributed by atoms with Gasteiger partial charge in [-0.15, -0.1) is 11.3 Å². The molecular weight excluding hydrogens is 404 g/mol. The molecule has 3 aromatic rings. The summed E-state index contributed by atoms with van der Waals surface area (Å²) in [4.78, 5) is 17.5.